The van der Waals surface area contributed by atoms with Crippen LogP contribution in [-0.2, 0) is 11.3 Å². The maximum absolute atomic E-state index is 8.73. The number of nitriles is 1. The van der Waals surface area contributed by atoms with Gasteiger partial charge < -0.3 is 4.74 Å². The second-order valence-electron chi connectivity index (χ2n) is 5.06. The molecule has 0 bridgehead atoms. The highest BCUT2D eigenvalue weighted by Crippen LogP contribution is 2.28. The van der Waals surface area contributed by atoms with Crippen LogP contribution in [0, 0.1) is 17.2 Å². The molecule has 18 heavy (non-hydrogen) atoms. The molecule has 1 aliphatic carbocycles. The standard InChI is InChI=1S/C15H20N2O/c1-17(8-9-18-12-15-6-7-15)11-14-4-2-13(10-16)3-5-14/h2-5,15H,6-9,11-12H2,1H3. The third kappa shape index (κ3) is 4.48. The number of hydrogen-bond acceptors (Lipinski definition) is 3. The summed E-state index contributed by atoms with van der Waals surface area (Å²) in [5, 5.41) is 8.73. The molecule has 3 nitrogen and oxygen atoms in total. The first-order valence-corrected chi connectivity index (χ1v) is 6.53. The normalized spacial score (nSPS) is 14.7. The molecule has 0 spiro atoms. The molecule has 0 aliphatic heterocycles. The summed E-state index contributed by atoms with van der Waals surface area (Å²) in [6.07, 6.45) is 2.70. The van der Waals surface area contributed by atoms with Gasteiger partial charge in [-0.25, -0.2) is 0 Å². The molecular formula is C15H20N2O. The van der Waals surface area contributed by atoms with Gasteiger partial charge in [-0.3, -0.25) is 4.90 Å². The molecule has 0 heterocycles. The van der Waals surface area contributed by atoms with E-state index in [9.17, 15) is 0 Å². The molecule has 0 amide bonds. The van der Waals surface area contributed by atoms with Gasteiger partial charge in [0, 0.05) is 19.7 Å². The van der Waals surface area contributed by atoms with E-state index >= 15 is 0 Å². The Labute approximate surface area is 109 Å². The van der Waals surface area contributed by atoms with Crippen LogP contribution < -0.4 is 0 Å². The second-order valence-corrected chi connectivity index (χ2v) is 5.06. The van der Waals surface area contributed by atoms with Gasteiger partial charge in [-0.2, -0.15) is 5.26 Å². The fourth-order valence-corrected chi connectivity index (χ4v) is 1.83. The molecular weight excluding hydrogens is 224 g/mol. The third-order valence-corrected chi connectivity index (χ3v) is 3.20. The summed E-state index contributed by atoms with van der Waals surface area (Å²) in [4.78, 5) is 2.24. The molecule has 0 unspecified atom stereocenters. The monoisotopic (exact) mass is 244 g/mol. The summed E-state index contributed by atoms with van der Waals surface area (Å²) in [5.41, 5.74) is 1.95. The van der Waals surface area contributed by atoms with Gasteiger partial charge in [-0.05, 0) is 43.5 Å². The van der Waals surface area contributed by atoms with Crippen LogP contribution in [0.1, 0.15) is 24.0 Å². The van der Waals surface area contributed by atoms with Gasteiger partial charge in [0.1, 0.15) is 0 Å². The van der Waals surface area contributed by atoms with E-state index in [2.05, 4.69) is 18.0 Å². The van der Waals surface area contributed by atoms with Gasteiger partial charge >= 0.3 is 0 Å². The average Bonchev–Trinajstić information content (AvgIpc) is 3.20. The first kappa shape index (κ1) is 13.1. The smallest absolute Gasteiger partial charge is 0.0991 e. The molecule has 0 N–H and O–H groups in total. The maximum atomic E-state index is 8.73. The predicted molar refractivity (Wildman–Crippen MR) is 71.0 cm³/mol. The van der Waals surface area contributed by atoms with Crippen molar-refractivity contribution in [2.75, 3.05) is 26.8 Å². The molecule has 1 saturated carbocycles. The van der Waals surface area contributed by atoms with E-state index in [4.69, 9.17) is 10.00 Å². The number of hydrogen-bond donors (Lipinski definition) is 0. The fourth-order valence-electron chi connectivity index (χ4n) is 1.83. The van der Waals surface area contributed by atoms with Gasteiger partial charge in [0.25, 0.3) is 0 Å². The van der Waals surface area contributed by atoms with E-state index in [-0.39, 0.29) is 0 Å². The highest BCUT2D eigenvalue weighted by atomic mass is 16.5. The lowest BCUT2D eigenvalue weighted by atomic mass is 10.1. The molecule has 1 aliphatic rings. The van der Waals surface area contributed by atoms with Gasteiger partial charge in [0.2, 0.25) is 0 Å². The van der Waals surface area contributed by atoms with Crippen molar-refractivity contribution in [2.24, 2.45) is 5.92 Å². The van der Waals surface area contributed by atoms with Crippen LogP contribution in [0.4, 0.5) is 0 Å². The summed E-state index contributed by atoms with van der Waals surface area (Å²) < 4.78 is 5.62. The molecule has 1 fully saturated rings. The molecule has 96 valence electrons. The Morgan fingerprint density at radius 2 is 2.06 bits per heavy atom. The van der Waals surface area contributed by atoms with Crippen LogP contribution in [-0.4, -0.2) is 31.7 Å². The van der Waals surface area contributed by atoms with Crippen LogP contribution in [0.5, 0.6) is 0 Å². The van der Waals surface area contributed by atoms with Gasteiger partial charge in [-0.1, -0.05) is 12.1 Å². The molecule has 3 heteroatoms. The Balaban J connectivity index is 1.65. The average molecular weight is 244 g/mol. The molecule has 2 rings (SSSR count). The first-order chi connectivity index (χ1) is 8.78. The maximum Gasteiger partial charge on any atom is 0.0991 e. The van der Waals surface area contributed by atoms with Gasteiger partial charge in [0.05, 0.1) is 18.2 Å². The molecule has 0 atom stereocenters. The Morgan fingerprint density at radius 3 is 2.67 bits per heavy atom. The van der Waals surface area contributed by atoms with Crippen LogP contribution in [0.3, 0.4) is 0 Å². The summed E-state index contributed by atoms with van der Waals surface area (Å²) in [5.74, 6) is 0.842. The number of benzene rings is 1. The minimum Gasteiger partial charge on any atom is -0.380 e. The first-order valence-electron chi connectivity index (χ1n) is 6.53. The van der Waals surface area contributed by atoms with Gasteiger partial charge in [-0.15, -0.1) is 0 Å². The van der Waals surface area contributed by atoms with Crippen LogP contribution in [0.2, 0.25) is 0 Å². The lowest BCUT2D eigenvalue weighted by Gasteiger charge is -2.16. The van der Waals surface area contributed by atoms with Crippen molar-refractivity contribution in [3.63, 3.8) is 0 Å². The summed E-state index contributed by atoms with van der Waals surface area (Å²) in [7, 11) is 2.10. The molecule has 0 radical (unpaired) electrons. The van der Waals surface area contributed by atoms with Gasteiger partial charge in [0.15, 0.2) is 0 Å². The highest BCUT2D eigenvalue weighted by molar-refractivity contribution is 5.31. The van der Waals surface area contributed by atoms with Crippen molar-refractivity contribution in [3.8, 4) is 6.07 Å². The van der Waals surface area contributed by atoms with E-state index in [1.165, 1.54) is 18.4 Å². The quantitative estimate of drug-likeness (QED) is 0.691. The Morgan fingerprint density at radius 1 is 1.33 bits per heavy atom. The number of rotatable bonds is 7. The van der Waals surface area contributed by atoms with E-state index in [0.717, 1.165) is 32.2 Å². The topological polar surface area (TPSA) is 36.3 Å². The number of ether oxygens (including phenoxy) is 1. The van der Waals surface area contributed by atoms with Crippen LogP contribution >= 0.6 is 0 Å². The van der Waals surface area contributed by atoms with E-state index < -0.39 is 0 Å². The van der Waals surface area contributed by atoms with Crippen molar-refractivity contribution in [1.29, 1.82) is 5.26 Å². The van der Waals surface area contributed by atoms with Crippen molar-refractivity contribution < 1.29 is 4.74 Å². The van der Waals surface area contributed by atoms with Crippen molar-refractivity contribution in [2.45, 2.75) is 19.4 Å². The van der Waals surface area contributed by atoms with E-state index in [0.29, 0.717) is 5.56 Å². The minimum absolute atomic E-state index is 0.717. The van der Waals surface area contributed by atoms with Crippen LogP contribution in [0.25, 0.3) is 0 Å². The number of nitrogens with zero attached hydrogens (tertiary/aromatic N) is 2. The molecule has 0 aromatic heterocycles. The Hall–Kier alpha value is -1.37. The molecule has 1 aromatic rings. The van der Waals surface area contributed by atoms with Crippen molar-refractivity contribution in [3.05, 3.63) is 35.4 Å². The summed E-state index contributed by atoms with van der Waals surface area (Å²) in [6, 6.07) is 9.90. The zero-order chi connectivity index (χ0) is 12.8. The summed E-state index contributed by atoms with van der Waals surface area (Å²) in [6.45, 7) is 3.60. The molecule has 1 aromatic carbocycles. The zero-order valence-electron chi connectivity index (χ0n) is 10.9. The lowest BCUT2D eigenvalue weighted by molar-refractivity contribution is 0.102. The minimum atomic E-state index is 0.717. The number of likely N-dealkylation sites (N-methyl/N-ethyl adjacent to an activating group) is 1. The zero-order valence-corrected chi connectivity index (χ0v) is 10.9. The fraction of sp³-hybridized carbons (Fsp3) is 0.533. The predicted octanol–water partition coefficient (Wildman–Crippen LogP) is 2.42. The van der Waals surface area contributed by atoms with E-state index in [1.807, 2.05) is 24.3 Å². The Kier molecular flexibility index (Phi) is 4.74. The second kappa shape index (κ2) is 6.53. The lowest BCUT2D eigenvalue weighted by Crippen LogP contribution is -2.23. The Bertz CT molecular complexity index is 403. The van der Waals surface area contributed by atoms with E-state index in [1.54, 1.807) is 0 Å². The SMILES string of the molecule is CN(CCOCC1CC1)Cc1ccc(C#N)cc1. The van der Waals surface area contributed by atoms with Crippen LogP contribution in [0.15, 0.2) is 24.3 Å². The molecule has 0 saturated heterocycles. The summed E-state index contributed by atoms with van der Waals surface area (Å²) >= 11 is 0. The largest absolute Gasteiger partial charge is 0.380 e. The van der Waals surface area contributed by atoms with Crippen molar-refractivity contribution >= 4 is 0 Å². The highest BCUT2D eigenvalue weighted by Gasteiger charge is 2.20. The third-order valence-electron chi connectivity index (χ3n) is 3.20. The van der Waals surface area contributed by atoms with Crippen molar-refractivity contribution in [1.82, 2.24) is 4.90 Å².